The van der Waals surface area contributed by atoms with Crippen molar-refractivity contribution in [1.82, 2.24) is 0 Å². The van der Waals surface area contributed by atoms with Crippen LogP contribution in [0.4, 0.5) is 4.39 Å². The summed E-state index contributed by atoms with van der Waals surface area (Å²) in [6.45, 7) is 0. The number of carbonyl (C=O) groups is 1. The molecule has 0 atom stereocenters. The van der Waals surface area contributed by atoms with Crippen molar-refractivity contribution in [3.8, 4) is 11.5 Å². The first-order valence-electron chi connectivity index (χ1n) is 5.17. The molecule has 0 saturated heterocycles. The first-order valence-corrected chi connectivity index (χ1v) is 5.98. The molecule has 0 aromatic heterocycles. The minimum absolute atomic E-state index is 0.373. The summed E-state index contributed by atoms with van der Waals surface area (Å²) < 4.78 is 19.1. The Bertz CT molecular complexity index is 655. The van der Waals surface area contributed by atoms with Crippen LogP contribution in [0.2, 0.25) is 0 Å². The van der Waals surface area contributed by atoms with Crippen molar-refractivity contribution < 1.29 is 19.0 Å². The monoisotopic (exact) mass is 262 g/mol. The number of fused-ring (bicyclic) bond motifs is 2. The maximum atomic E-state index is 13.6. The Hall–Kier alpha value is -2.01. The molecule has 0 aliphatic carbocycles. The van der Waals surface area contributed by atoms with Gasteiger partial charge in [0.05, 0.1) is 15.4 Å². The summed E-state index contributed by atoms with van der Waals surface area (Å²) in [5.74, 6) is -1.03. The quantitative estimate of drug-likeness (QED) is 0.725. The molecule has 3 rings (SSSR count). The third-order valence-corrected chi connectivity index (χ3v) is 3.65. The van der Waals surface area contributed by atoms with E-state index in [1.807, 2.05) is 18.2 Å². The Morgan fingerprint density at radius 1 is 1.17 bits per heavy atom. The number of benzene rings is 2. The Morgan fingerprint density at radius 3 is 2.72 bits per heavy atom. The predicted molar refractivity (Wildman–Crippen MR) is 64.0 cm³/mol. The van der Waals surface area contributed by atoms with Crippen LogP contribution < -0.4 is 4.74 Å². The highest BCUT2D eigenvalue weighted by Gasteiger charge is 2.22. The van der Waals surface area contributed by atoms with Gasteiger partial charge in [0.15, 0.2) is 0 Å². The molecule has 5 heteroatoms. The number of hydrogen-bond donors (Lipinski definition) is 1. The van der Waals surface area contributed by atoms with Crippen molar-refractivity contribution in [2.45, 2.75) is 9.79 Å². The summed E-state index contributed by atoms with van der Waals surface area (Å²) in [5.41, 5.74) is -0.381. The van der Waals surface area contributed by atoms with Crippen LogP contribution in [0.5, 0.6) is 11.5 Å². The normalized spacial score (nSPS) is 12.3. The lowest BCUT2D eigenvalue weighted by Gasteiger charge is -2.19. The molecule has 0 fully saturated rings. The average molecular weight is 262 g/mol. The number of carboxylic acids is 1. The summed E-state index contributed by atoms with van der Waals surface area (Å²) in [5, 5.41) is 8.86. The van der Waals surface area contributed by atoms with Crippen molar-refractivity contribution in [2.24, 2.45) is 0 Å². The summed E-state index contributed by atoms with van der Waals surface area (Å²) in [6.07, 6.45) is 0. The van der Waals surface area contributed by atoms with E-state index in [-0.39, 0.29) is 5.56 Å². The van der Waals surface area contributed by atoms with E-state index in [1.54, 1.807) is 6.07 Å². The van der Waals surface area contributed by atoms with Gasteiger partial charge in [-0.3, -0.25) is 0 Å². The molecule has 0 spiro atoms. The third-order valence-electron chi connectivity index (χ3n) is 2.55. The summed E-state index contributed by atoms with van der Waals surface area (Å²) in [4.78, 5) is 12.3. The van der Waals surface area contributed by atoms with E-state index in [4.69, 9.17) is 9.84 Å². The van der Waals surface area contributed by atoms with Crippen molar-refractivity contribution in [1.29, 1.82) is 0 Å². The molecular weight excluding hydrogens is 255 g/mol. The van der Waals surface area contributed by atoms with Crippen LogP contribution in [-0.2, 0) is 0 Å². The smallest absolute Gasteiger partial charge is 0.338 e. The highest BCUT2D eigenvalue weighted by molar-refractivity contribution is 7.99. The Morgan fingerprint density at radius 2 is 1.94 bits per heavy atom. The number of halogens is 1. The van der Waals surface area contributed by atoms with E-state index < -0.39 is 11.8 Å². The first-order chi connectivity index (χ1) is 8.65. The van der Waals surface area contributed by atoms with Crippen LogP contribution in [0.25, 0.3) is 0 Å². The van der Waals surface area contributed by atoms with Crippen molar-refractivity contribution in [2.75, 3.05) is 0 Å². The van der Waals surface area contributed by atoms with Crippen molar-refractivity contribution in [3.63, 3.8) is 0 Å². The zero-order chi connectivity index (χ0) is 12.7. The molecule has 0 saturated carbocycles. The van der Waals surface area contributed by atoms with Crippen LogP contribution in [0, 0.1) is 5.82 Å². The number of ether oxygens (including phenoxy) is 1. The van der Waals surface area contributed by atoms with E-state index in [9.17, 15) is 9.18 Å². The molecule has 1 aliphatic rings. The fraction of sp³-hybridized carbons (Fsp3) is 0. The minimum Gasteiger partial charge on any atom is -0.478 e. The van der Waals surface area contributed by atoms with E-state index >= 15 is 0 Å². The number of aromatic carboxylic acids is 1. The van der Waals surface area contributed by atoms with Gasteiger partial charge < -0.3 is 9.84 Å². The van der Waals surface area contributed by atoms with E-state index in [0.29, 0.717) is 16.4 Å². The first kappa shape index (κ1) is 11.1. The van der Waals surface area contributed by atoms with Crippen LogP contribution >= 0.6 is 11.8 Å². The average Bonchev–Trinajstić information content (AvgIpc) is 2.35. The number of carboxylic acid groups (broad SMARTS) is 1. The molecule has 0 unspecified atom stereocenters. The van der Waals surface area contributed by atoms with Gasteiger partial charge in [0.1, 0.15) is 17.3 Å². The van der Waals surface area contributed by atoms with Gasteiger partial charge in [0.25, 0.3) is 0 Å². The van der Waals surface area contributed by atoms with Gasteiger partial charge in [0, 0.05) is 0 Å². The lowest BCUT2D eigenvalue weighted by Crippen LogP contribution is -2.03. The maximum absolute atomic E-state index is 13.6. The number of hydrogen-bond acceptors (Lipinski definition) is 3. The second kappa shape index (κ2) is 4.03. The summed E-state index contributed by atoms with van der Waals surface area (Å²) >= 11 is 1.36. The largest absolute Gasteiger partial charge is 0.478 e. The van der Waals surface area contributed by atoms with E-state index in [1.165, 1.54) is 23.9 Å². The molecule has 0 bridgehead atoms. The molecule has 3 nitrogen and oxygen atoms in total. The predicted octanol–water partition coefficient (Wildman–Crippen LogP) is 3.78. The molecule has 90 valence electrons. The zero-order valence-electron chi connectivity index (χ0n) is 9.01. The minimum atomic E-state index is -1.30. The van der Waals surface area contributed by atoms with Gasteiger partial charge in [-0.15, -0.1) is 0 Å². The third kappa shape index (κ3) is 1.73. The number of para-hydroxylation sites is 1. The van der Waals surface area contributed by atoms with Crippen LogP contribution in [0.15, 0.2) is 46.2 Å². The molecular formula is C13H7FO3S. The molecule has 1 N–H and O–H groups in total. The van der Waals surface area contributed by atoms with Gasteiger partial charge in [-0.1, -0.05) is 23.9 Å². The van der Waals surface area contributed by atoms with Crippen LogP contribution in [-0.4, -0.2) is 11.1 Å². The molecule has 1 heterocycles. The van der Waals surface area contributed by atoms with Crippen LogP contribution in [0.3, 0.4) is 0 Å². The lowest BCUT2D eigenvalue weighted by molar-refractivity contribution is 0.0691. The standard InChI is InChI=1S/C13H7FO3S/c14-8-6-12-10(5-7(8)13(15)16)17-9-3-1-2-4-11(9)18-12/h1-6H,(H,15,16). The van der Waals surface area contributed by atoms with Gasteiger partial charge in [-0.25, -0.2) is 9.18 Å². The Balaban J connectivity index is 2.11. The second-order valence-electron chi connectivity index (χ2n) is 3.73. The Labute approximate surface area is 106 Å². The van der Waals surface area contributed by atoms with Gasteiger partial charge in [0.2, 0.25) is 0 Å². The van der Waals surface area contributed by atoms with Crippen molar-refractivity contribution >= 4 is 17.7 Å². The molecule has 1 aliphatic heterocycles. The van der Waals surface area contributed by atoms with Crippen LogP contribution in [0.1, 0.15) is 10.4 Å². The lowest BCUT2D eigenvalue weighted by atomic mass is 10.2. The highest BCUT2D eigenvalue weighted by Crippen LogP contribution is 2.47. The SMILES string of the molecule is O=C(O)c1cc2c(cc1F)Sc1ccccc1O2. The molecule has 2 aromatic rings. The molecule has 0 amide bonds. The van der Waals surface area contributed by atoms with Gasteiger partial charge in [-0.2, -0.15) is 0 Å². The van der Waals surface area contributed by atoms with E-state index in [0.717, 1.165) is 4.90 Å². The van der Waals surface area contributed by atoms with Crippen molar-refractivity contribution in [3.05, 3.63) is 47.8 Å². The second-order valence-corrected chi connectivity index (χ2v) is 4.82. The van der Waals surface area contributed by atoms with Gasteiger partial charge in [-0.05, 0) is 24.3 Å². The molecule has 18 heavy (non-hydrogen) atoms. The molecule has 2 aromatic carbocycles. The topological polar surface area (TPSA) is 46.5 Å². The fourth-order valence-corrected chi connectivity index (χ4v) is 2.67. The zero-order valence-corrected chi connectivity index (χ0v) is 9.83. The number of rotatable bonds is 1. The maximum Gasteiger partial charge on any atom is 0.338 e. The summed E-state index contributed by atoms with van der Waals surface area (Å²) in [7, 11) is 0. The fourth-order valence-electron chi connectivity index (χ4n) is 1.71. The van der Waals surface area contributed by atoms with Gasteiger partial charge >= 0.3 is 5.97 Å². The highest BCUT2D eigenvalue weighted by atomic mass is 32.2. The molecule has 0 radical (unpaired) electrons. The van der Waals surface area contributed by atoms with E-state index in [2.05, 4.69) is 0 Å². The Kier molecular flexibility index (Phi) is 2.48. The summed E-state index contributed by atoms with van der Waals surface area (Å²) in [6, 6.07) is 9.75.